The lowest BCUT2D eigenvalue weighted by molar-refractivity contribution is 0.0693. The Kier molecular flexibility index (Phi) is 4.16. The van der Waals surface area contributed by atoms with Crippen molar-refractivity contribution in [3.8, 4) is 11.3 Å². The molecule has 1 aliphatic heterocycles. The molecule has 0 radical (unpaired) electrons. The molecule has 1 fully saturated rings. The van der Waals surface area contributed by atoms with Crippen molar-refractivity contribution in [2.24, 2.45) is 0 Å². The van der Waals surface area contributed by atoms with E-state index in [1.807, 2.05) is 24.3 Å². The van der Waals surface area contributed by atoms with Crippen molar-refractivity contribution < 1.29 is 19.1 Å². The summed E-state index contributed by atoms with van der Waals surface area (Å²) in [6.07, 6.45) is 2.25. The number of methoxy groups -OCH3 is 1. The Morgan fingerprint density at radius 2 is 2.09 bits per heavy atom. The van der Waals surface area contributed by atoms with Crippen LogP contribution in [0.4, 0.5) is 5.69 Å². The van der Waals surface area contributed by atoms with Gasteiger partial charge in [-0.2, -0.15) is 0 Å². The third kappa shape index (κ3) is 3.12. The van der Waals surface area contributed by atoms with Gasteiger partial charge in [-0.1, -0.05) is 0 Å². The summed E-state index contributed by atoms with van der Waals surface area (Å²) < 4.78 is 10.6. The summed E-state index contributed by atoms with van der Waals surface area (Å²) in [6, 6.07) is 8.83. The number of carboxylic acids is 1. The van der Waals surface area contributed by atoms with Gasteiger partial charge in [-0.3, -0.25) is 4.79 Å². The number of aromatic carboxylic acids is 1. The zero-order valence-corrected chi connectivity index (χ0v) is 12.7. The topological polar surface area (TPSA) is 80.0 Å². The van der Waals surface area contributed by atoms with E-state index in [4.69, 9.17) is 14.3 Å². The summed E-state index contributed by atoms with van der Waals surface area (Å²) in [5.74, 6) is -0.940. The van der Waals surface area contributed by atoms with Crippen molar-refractivity contribution in [3.63, 3.8) is 0 Å². The summed E-state index contributed by atoms with van der Waals surface area (Å²) in [7, 11) is 1.72. The molecule has 2 aromatic rings. The number of carbonyl (C=O) groups is 1. The van der Waals surface area contributed by atoms with Crippen LogP contribution in [0.5, 0.6) is 0 Å². The third-order valence-corrected chi connectivity index (χ3v) is 4.06. The first-order valence-corrected chi connectivity index (χ1v) is 7.33. The number of rotatable bonds is 4. The zero-order chi connectivity index (χ0) is 16.4. The average molecular weight is 315 g/mol. The molecule has 0 amide bonds. The van der Waals surface area contributed by atoms with Crippen molar-refractivity contribution in [2.45, 2.75) is 12.5 Å². The van der Waals surface area contributed by atoms with Gasteiger partial charge >= 0.3 is 5.97 Å². The van der Waals surface area contributed by atoms with Gasteiger partial charge in [0.1, 0.15) is 17.6 Å². The van der Waals surface area contributed by atoms with Gasteiger partial charge in [-0.15, -0.1) is 0 Å². The Hall–Kier alpha value is -2.60. The first kappa shape index (κ1) is 15.3. The summed E-state index contributed by atoms with van der Waals surface area (Å²) >= 11 is 0. The number of anilines is 1. The van der Waals surface area contributed by atoms with E-state index in [0.717, 1.165) is 37.0 Å². The number of hydrogen-bond acceptors (Lipinski definition) is 5. The third-order valence-electron chi connectivity index (χ3n) is 4.06. The molecule has 0 saturated carbocycles. The van der Waals surface area contributed by atoms with E-state index in [0.29, 0.717) is 5.76 Å². The second-order valence-electron chi connectivity index (χ2n) is 5.47. The maximum absolute atomic E-state index is 11.7. The number of benzene rings is 1. The van der Waals surface area contributed by atoms with Crippen molar-refractivity contribution in [1.82, 2.24) is 0 Å². The van der Waals surface area contributed by atoms with E-state index in [2.05, 4.69) is 4.90 Å². The maximum Gasteiger partial charge on any atom is 0.342 e. The number of nitrogens with zero attached hydrogens (tertiary/aromatic N) is 1. The van der Waals surface area contributed by atoms with Crippen LogP contribution < -0.4 is 10.3 Å². The molecule has 1 aromatic carbocycles. The highest BCUT2D eigenvalue weighted by atomic mass is 16.5. The van der Waals surface area contributed by atoms with Crippen LogP contribution in [0, 0.1) is 0 Å². The monoisotopic (exact) mass is 315 g/mol. The van der Waals surface area contributed by atoms with E-state index in [1.165, 1.54) is 6.07 Å². The fourth-order valence-electron chi connectivity index (χ4n) is 2.71. The van der Waals surface area contributed by atoms with Gasteiger partial charge < -0.3 is 19.2 Å². The van der Waals surface area contributed by atoms with E-state index < -0.39 is 11.4 Å². The Morgan fingerprint density at radius 3 is 2.65 bits per heavy atom. The number of ether oxygens (including phenoxy) is 1. The van der Waals surface area contributed by atoms with E-state index in [9.17, 15) is 9.59 Å². The standard InChI is InChI=1S/C17H17NO5/c1-22-13-6-7-18(9-13)12-4-2-11(3-5-12)16-8-15(19)14(10-23-16)17(20)21/h2-5,8,10,13H,6-7,9H2,1H3,(H,20,21)/t13-/m1/s1. The highest BCUT2D eigenvalue weighted by Gasteiger charge is 2.22. The van der Waals surface area contributed by atoms with Crippen molar-refractivity contribution in [1.29, 1.82) is 0 Å². The van der Waals surface area contributed by atoms with Gasteiger partial charge in [0.2, 0.25) is 0 Å². The molecule has 2 heterocycles. The summed E-state index contributed by atoms with van der Waals surface area (Å²) in [4.78, 5) is 24.8. The molecule has 1 atom stereocenters. The van der Waals surface area contributed by atoms with Crippen LogP contribution in [-0.4, -0.2) is 37.4 Å². The molecule has 0 unspecified atom stereocenters. The normalized spacial score (nSPS) is 17.4. The van der Waals surface area contributed by atoms with Gasteiger partial charge in [0.15, 0.2) is 5.43 Å². The smallest absolute Gasteiger partial charge is 0.342 e. The molecule has 6 heteroatoms. The second kappa shape index (κ2) is 6.26. The van der Waals surface area contributed by atoms with E-state index in [-0.39, 0.29) is 11.7 Å². The van der Waals surface area contributed by atoms with Crippen LogP contribution in [0.2, 0.25) is 0 Å². The lowest BCUT2D eigenvalue weighted by Crippen LogP contribution is -2.21. The SMILES string of the molecule is CO[C@@H]1CCN(c2ccc(-c3cc(=O)c(C(=O)O)co3)cc2)C1. The zero-order valence-electron chi connectivity index (χ0n) is 12.7. The van der Waals surface area contributed by atoms with Crippen molar-refractivity contribution >= 4 is 11.7 Å². The molecule has 6 nitrogen and oxygen atoms in total. The quantitative estimate of drug-likeness (QED) is 0.932. The molecule has 0 aliphatic carbocycles. The lowest BCUT2D eigenvalue weighted by Gasteiger charge is -2.18. The van der Waals surface area contributed by atoms with Gasteiger partial charge in [-0.05, 0) is 30.7 Å². The molecular weight excluding hydrogens is 298 g/mol. The molecule has 1 aliphatic rings. The first-order valence-electron chi connectivity index (χ1n) is 7.33. The predicted molar refractivity (Wildman–Crippen MR) is 85.0 cm³/mol. The van der Waals surface area contributed by atoms with Gasteiger partial charge in [0, 0.05) is 37.5 Å². The minimum Gasteiger partial charge on any atom is -0.477 e. The molecule has 0 spiro atoms. The average Bonchev–Trinajstić information content (AvgIpc) is 3.03. The molecule has 1 aromatic heterocycles. The molecule has 23 heavy (non-hydrogen) atoms. The molecule has 1 saturated heterocycles. The van der Waals surface area contributed by atoms with Crippen molar-refractivity contribution in [2.75, 3.05) is 25.1 Å². The first-order chi connectivity index (χ1) is 11.1. The Morgan fingerprint density at radius 1 is 1.35 bits per heavy atom. The highest BCUT2D eigenvalue weighted by Crippen LogP contribution is 2.25. The fraction of sp³-hybridized carbons (Fsp3) is 0.294. The Balaban J connectivity index is 1.81. The van der Waals surface area contributed by atoms with E-state index in [1.54, 1.807) is 7.11 Å². The summed E-state index contributed by atoms with van der Waals surface area (Å²) in [5, 5.41) is 8.85. The number of carboxylic acid groups (broad SMARTS) is 1. The molecule has 120 valence electrons. The van der Waals surface area contributed by atoms with Gasteiger partial charge in [-0.25, -0.2) is 4.79 Å². The molecule has 0 bridgehead atoms. The fourth-order valence-corrected chi connectivity index (χ4v) is 2.71. The highest BCUT2D eigenvalue weighted by molar-refractivity contribution is 5.87. The maximum atomic E-state index is 11.7. The van der Waals surface area contributed by atoms with Crippen LogP contribution in [0.15, 0.2) is 45.8 Å². The second-order valence-corrected chi connectivity index (χ2v) is 5.47. The van der Waals surface area contributed by atoms with Crippen LogP contribution in [0.25, 0.3) is 11.3 Å². The predicted octanol–water partition coefficient (Wildman–Crippen LogP) is 2.23. The molecule has 1 N–H and O–H groups in total. The Bertz CT molecular complexity index is 765. The van der Waals surface area contributed by atoms with Gasteiger partial charge in [0.25, 0.3) is 0 Å². The van der Waals surface area contributed by atoms with Crippen molar-refractivity contribution in [3.05, 3.63) is 52.4 Å². The van der Waals surface area contributed by atoms with Crippen LogP contribution in [0.1, 0.15) is 16.8 Å². The molecule has 3 rings (SSSR count). The Labute approximate surface area is 132 Å². The minimum absolute atomic E-state index is 0.260. The summed E-state index contributed by atoms with van der Waals surface area (Å²) in [5.41, 5.74) is 0.876. The minimum atomic E-state index is -1.29. The lowest BCUT2D eigenvalue weighted by atomic mass is 10.1. The van der Waals surface area contributed by atoms with Crippen LogP contribution >= 0.6 is 0 Å². The van der Waals surface area contributed by atoms with Crippen LogP contribution in [-0.2, 0) is 4.74 Å². The summed E-state index contributed by atoms with van der Waals surface area (Å²) in [6.45, 7) is 1.80. The van der Waals surface area contributed by atoms with Gasteiger partial charge in [0.05, 0.1) is 6.10 Å². The van der Waals surface area contributed by atoms with E-state index >= 15 is 0 Å². The largest absolute Gasteiger partial charge is 0.477 e. The molecular formula is C17H17NO5. The number of hydrogen-bond donors (Lipinski definition) is 1. The van der Waals surface area contributed by atoms with Crippen LogP contribution in [0.3, 0.4) is 0 Å².